The lowest BCUT2D eigenvalue weighted by Crippen LogP contribution is -2.45. The minimum atomic E-state index is -0.307. The number of hydrogen-bond donors (Lipinski definition) is 0. The van der Waals surface area contributed by atoms with Crippen LogP contribution in [-0.4, -0.2) is 49.7 Å². The van der Waals surface area contributed by atoms with Gasteiger partial charge in [-0.15, -0.1) is 0 Å². The molecule has 1 aliphatic heterocycles. The Morgan fingerprint density at radius 1 is 1.23 bits per heavy atom. The van der Waals surface area contributed by atoms with E-state index in [4.69, 9.17) is 4.74 Å². The summed E-state index contributed by atoms with van der Waals surface area (Å²) >= 11 is 0. The van der Waals surface area contributed by atoms with Gasteiger partial charge in [0.2, 0.25) is 0 Å². The van der Waals surface area contributed by atoms with E-state index in [0.29, 0.717) is 30.5 Å². The fraction of sp³-hybridized carbons (Fsp3) is 0.364. The molecule has 1 aromatic carbocycles. The van der Waals surface area contributed by atoms with Crippen LogP contribution in [0.25, 0.3) is 11.3 Å². The summed E-state index contributed by atoms with van der Waals surface area (Å²) in [4.78, 5) is 23.4. The Hall–Kier alpha value is -3.29. The van der Waals surface area contributed by atoms with Gasteiger partial charge in [0.05, 0.1) is 12.2 Å². The predicted octanol–water partition coefficient (Wildman–Crippen LogP) is 3.26. The highest BCUT2D eigenvalue weighted by molar-refractivity contribution is 5.93. The third-order valence-corrected chi connectivity index (χ3v) is 5.27. The molecule has 156 valence electrons. The van der Waals surface area contributed by atoms with Gasteiger partial charge in [0.15, 0.2) is 0 Å². The van der Waals surface area contributed by atoms with Crippen LogP contribution >= 0.6 is 0 Å². The van der Waals surface area contributed by atoms with Crippen molar-refractivity contribution in [3.05, 3.63) is 59.8 Å². The molecule has 30 heavy (non-hydrogen) atoms. The summed E-state index contributed by atoms with van der Waals surface area (Å²) in [5, 5.41) is 4.42. The molecule has 4 rings (SSSR count). The molecular formula is C22H24FN5O2. The second kappa shape index (κ2) is 8.61. The molecule has 0 spiro atoms. The number of carbonyl (C=O) groups is 1. The van der Waals surface area contributed by atoms with E-state index in [1.165, 1.54) is 12.1 Å². The minimum absolute atomic E-state index is 0.103. The lowest BCUT2D eigenvalue weighted by atomic mass is 10.1. The van der Waals surface area contributed by atoms with Crippen molar-refractivity contribution >= 4 is 5.91 Å². The molecule has 1 atom stereocenters. The Bertz CT molecular complexity index is 1020. The Kier molecular flexibility index (Phi) is 5.74. The van der Waals surface area contributed by atoms with Crippen molar-refractivity contribution in [2.24, 2.45) is 7.05 Å². The molecule has 0 radical (unpaired) electrons. The average Bonchev–Trinajstić information content (AvgIpc) is 3.16. The summed E-state index contributed by atoms with van der Waals surface area (Å²) < 4.78 is 20.7. The van der Waals surface area contributed by atoms with E-state index in [-0.39, 0.29) is 17.8 Å². The van der Waals surface area contributed by atoms with Crippen LogP contribution in [0.3, 0.4) is 0 Å². The van der Waals surface area contributed by atoms with Gasteiger partial charge in [-0.2, -0.15) is 5.10 Å². The summed E-state index contributed by atoms with van der Waals surface area (Å²) in [5.41, 5.74) is 2.93. The number of rotatable bonds is 5. The van der Waals surface area contributed by atoms with Crippen LogP contribution in [0.1, 0.15) is 35.8 Å². The fourth-order valence-corrected chi connectivity index (χ4v) is 3.55. The molecule has 1 amide bonds. The van der Waals surface area contributed by atoms with Crippen molar-refractivity contribution in [2.75, 3.05) is 13.1 Å². The molecule has 1 unspecified atom stereocenters. The summed E-state index contributed by atoms with van der Waals surface area (Å²) in [7, 11) is 1.74. The zero-order chi connectivity index (χ0) is 21.1. The average molecular weight is 409 g/mol. The first-order chi connectivity index (χ1) is 14.5. The van der Waals surface area contributed by atoms with E-state index in [2.05, 4.69) is 15.1 Å². The molecule has 1 fully saturated rings. The van der Waals surface area contributed by atoms with Gasteiger partial charge >= 0.3 is 6.01 Å². The van der Waals surface area contributed by atoms with Crippen molar-refractivity contribution in [2.45, 2.75) is 32.3 Å². The minimum Gasteiger partial charge on any atom is -0.458 e. The number of aromatic nitrogens is 4. The Labute approximate surface area is 174 Å². The normalized spacial score (nSPS) is 16.5. The first-order valence-electron chi connectivity index (χ1n) is 10.1. The van der Waals surface area contributed by atoms with Crippen molar-refractivity contribution in [1.82, 2.24) is 24.6 Å². The van der Waals surface area contributed by atoms with Gasteiger partial charge in [0.25, 0.3) is 5.91 Å². The van der Waals surface area contributed by atoms with Crippen LogP contribution in [0.15, 0.2) is 42.7 Å². The number of hydrogen-bond acceptors (Lipinski definition) is 5. The largest absolute Gasteiger partial charge is 0.458 e. The summed E-state index contributed by atoms with van der Waals surface area (Å²) in [6.45, 7) is 3.17. The Morgan fingerprint density at radius 3 is 2.67 bits per heavy atom. The number of likely N-dealkylation sites (tertiary alicyclic amines) is 1. The van der Waals surface area contributed by atoms with Crippen LogP contribution in [0.2, 0.25) is 0 Å². The van der Waals surface area contributed by atoms with E-state index >= 15 is 0 Å². The molecule has 8 heteroatoms. The number of aryl methyl sites for hydroxylation is 2. The first kappa shape index (κ1) is 20.0. The second-order valence-corrected chi connectivity index (χ2v) is 7.41. The highest BCUT2D eigenvalue weighted by Gasteiger charge is 2.28. The van der Waals surface area contributed by atoms with Crippen molar-refractivity contribution in [1.29, 1.82) is 0 Å². The molecule has 1 saturated heterocycles. The van der Waals surface area contributed by atoms with Gasteiger partial charge in [0.1, 0.15) is 17.6 Å². The molecule has 0 bridgehead atoms. The van der Waals surface area contributed by atoms with Crippen molar-refractivity contribution in [3.63, 3.8) is 0 Å². The molecule has 0 saturated carbocycles. The van der Waals surface area contributed by atoms with Gasteiger partial charge < -0.3 is 9.64 Å². The Balaban J connectivity index is 1.45. The molecule has 3 heterocycles. The lowest BCUT2D eigenvalue weighted by Gasteiger charge is -2.32. The van der Waals surface area contributed by atoms with E-state index in [1.807, 2.05) is 6.92 Å². The first-order valence-corrected chi connectivity index (χ1v) is 10.1. The van der Waals surface area contributed by atoms with E-state index < -0.39 is 0 Å². The van der Waals surface area contributed by atoms with Crippen LogP contribution < -0.4 is 4.74 Å². The molecule has 0 N–H and O–H groups in total. The standard InChI is InChI=1S/C22H24FN5O2/c1-3-15-12-24-22(25-13-15)30-18-5-4-10-28(14-18)21(29)20-11-19(26-27(20)2)16-6-8-17(23)9-7-16/h6-9,11-13,18H,3-5,10,14H2,1-2H3. The number of amides is 1. The van der Waals surface area contributed by atoms with Crippen LogP contribution in [-0.2, 0) is 13.5 Å². The third kappa shape index (κ3) is 4.32. The van der Waals surface area contributed by atoms with Gasteiger partial charge in [-0.3, -0.25) is 9.48 Å². The van der Waals surface area contributed by atoms with Crippen molar-refractivity contribution in [3.8, 4) is 17.3 Å². The van der Waals surface area contributed by atoms with Crippen LogP contribution in [0.5, 0.6) is 6.01 Å². The van der Waals surface area contributed by atoms with E-state index in [9.17, 15) is 9.18 Å². The van der Waals surface area contributed by atoms with Gasteiger partial charge in [-0.25, -0.2) is 14.4 Å². The molecule has 3 aromatic rings. The van der Waals surface area contributed by atoms with Crippen molar-refractivity contribution < 1.29 is 13.9 Å². The van der Waals surface area contributed by atoms with E-state index in [1.54, 1.807) is 47.2 Å². The number of carbonyl (C=O) groups excluding carboxylic acids is 1. The highest BCUT2D eigenvalue weighted by Crippen LogP contribution is 2.22. The quantitative estimate of drug-likeness (QED) is 0.647. The summed E-state index contributed by atoms with van der Waals surface area (Å²) in [5.74, 6) is -0.410. The second-order valence-electron chi connectivity index (χ2n) is 7.41. The van der Waals surface area contributed by atoms with Crippen LogP contribution in [0, 0.1) is 5.82 Å². The maximum atomic E-state index is 13.2. The van der Waals surface area contributed by atoms with Gasteiger partial charge in [-0.05, 0) is 55.2 Å². The number of halogens is 1. The summed E-state index contributed by atoms with van der Waals surface area (Å²) in [6, 6.07) is 8.15. The fourth-order valence-electron chi connectivity index (χ4n) is 3.55. The SMILES string of the molecule is CCc1cnc(OC2CCCN(C(=O)c3cc(-c4ccc(F)cc4)nn3C)C2)nc1. The number of benzene rings is 1. The number of piperidine rings is 1. The lowest BCUT2D eigenvalue weighted by molar-refractivity contribution is 0.0506. The molecular weight excluding hydrogens is 385 g/mol. The predicted molar refractivity (Wildman–Crippen MR) is 110 cm³/mol. The maximum Gasteiger partial charge on any atom is 0.316 e. The summed E-state index contributed by atoms with van der Waals surface area (Å²) in [6.07, 6.45) is 5.93. The molecule has 2 aromatic heterocycles. The number of nitrogens with zero attached hydrogens (tertiary/aromatic N) is 5. The zero-order valence-corrected chi connectivity index (χ0v) is 17.1. The number of ether oxygens (including phenoxy) is 1. The maximum absolute atomic E-state index is 13.2. The van der Waals surface area contributed by atoms with Gasteiger partial charge in [-0.1, -0.05) is 6.92 Å². The monoisotopic (exact) mass is 409 g/mol. The topological polar surface area (TPSA) is 73.1 Å². The third-order valence-electron chi connectivity index (χ3n) is 5.27. The Morgan fingerprint density at radius 2 is 1.97 bits per heavy atom. The van der Waals surface area contributed by atoms with Crippen LogP contribution in [0.4, 0.5) is 4.39 Å². The molecule has 0 aliphatic carbocycles. The smallest absolute Gasteiger partial charge is 0.316 e. The van der Waals surface area contributed by atoms with Gasteiger partial charge in [0, 0.05) is 31.5 Å². The highest BCUT2D eigenvalue weighted by atomic mass is 19.1. The van der Waals surface area contributed by atoms with E-state index in [0.717, 1.165) is 30.4 Å². The molecule has 1 aliphatic rings. The zero-order valence-electron chi connectivity index (χ0n) is 17.1. The molecule has 7 nitrogen and oxygen atoms in total.